The molecule has 0 bridgehead atoms. The van der Waals surface area contributed by atoms with Crippen LogP contribution in [0.4, 0.5) is 0 Å². The molecule has 0 aliphatic rings. The van der Waals surface area contributed by atoms with Crippen molar-refractivity contribution in [2.24, 2.45) is 5.73 Å². The summed E-state index contributed by atoms with van der Waals surface area (Å²) in [6, 6.07) is 0. The van der Waals surface area contributed by atoms with E-state index in [0.717, 1.165) is 0 Å². The Kier molecular flexibility index (Phi) is 1.88. The highest BCUT2D eigenvalue weighted by atomic mass is 16.1. The molecule has 0 unspecified atom stereocenters. The molecular weight excluding hydrogens is 106 g/mol. The third-order valence-electron chi connectivity index (χ3n) is 0.621. The quantitative estimate of drug-likeness (QED) is 0.333. The van der Waals surface area contributed by atoms with Crippen molar-refractivity contribution in [2.45, 2.75) is 6.92 Å². The van der Waals surface area contributed by atoms with Crippen LogP contribution in [0.1, 0.15) is 6.92 Å². The Hall–Kier alpha value is -1.19. The van der Waals surface area contributed by atoms with Crippen LogP contribution in [0.5, 0.6) is 0 Å². The highest BCUT2D eigenvalue weighted by Crippen LogP contribution is 1.72. The first-order valence-corrected chi connectivity index (χ1v) is 1.99. The Balaban J connectivity index is 4.05. The molecule has 4 heteroatoms. The fourth-order valence-electron chi connectivity index (χ4n) is 0.190. The van der Waals surface area contributed by atoms with Gasteiger partial charge in [0.05, 0.1) is 0 Å². The molecule has 4 N–H and O–H groups in total. The summed E-state index contributed by atoms with van der Waals surface area (Å²) in [4.78, 5) is 10.1. The van der Waals surface area contributed by atoms with Gasteiger partial charge in [0.25, 0.3) is 0 Å². The molecule has 44 valence electrons. The maximum atomic E-state index is 10.1. The summed E-state index contributed by atoms with van der Waals surface area (Å²) in [6.07, 6.45) is 0. The number of hydrogen-bond donors (Lipinski definition) is 3. The predicted molar refractivity (Wildman–Crippen MR) is 30.3 cm³/mol. The first kappa shape index (κ1) is 6.81. The van der Waals surface area contributed by atoms with Gasteiger partial charge in [-0.15, -0.1) is 0 Å². The molecule has 0 aromatic carbocycles. The number of carbonyl (C=O) groups excluding carboxylic acids is 1. The van der Waals surface area contributed by atoms with Gasteiger partial charge >= 0.3 is 0 Å². The van der Waals surface area contributed by atoms with Crippen LogP contribution in [0.25, 0.3) is 0 Å². The molecule has 0 aromatic heterocycles. The largest absolute Gasteiger partial charge is 0.382 e. The van der Waals surface area contributed by atoms with E-state index in [1.807, 2.05) is 0 Å². The predicted octanol–water partition coefficient (Wildman–Crippen LogP) is -0.469. The van der Waals surface area contributed by atoms with Crippen LogP contribution in [0.15, 0.2) is 0 Å². The molecule has 0 aromatic rings. The number of amidine groups is 1. The fraction of sp³-hybridized carbons (Fsp3) is 0.250. The van der Waals surface area contributed by atoms with Gasteiger partial charge in [-0.2, -0.15) is 0 Å². The van der Waals surface area contributed by atoms with Crippen molar-refractivity contribution in [1.29, 1.82) is 10.8 Å². The molecule has 0 saturated carbocycles. The molecule has 0 aliphatic heterocycles. The Morgan fingerprint density at radius 3 is 1.88 bits per heavy atom. The van der Waals surface area contributed by atoms with Gasteiger partial charge in [0, 0.05) is 6.92 Å². The fourth-order valence-corrected chi connectivity index (χ4v) is 0.190. The van der Waals surface area contributed by atoms with E-state index < -0.39 is 17.3 Å². The smallest absolute Gasteiger partial charge is 0.181 e. The molecule has 0 rings (SSSR count). The number of nitrogens with one attached hydrogen (secondary N) is 2. The van der Waals surface area contributed by atoms with Gasteiger partial charge in [0.1, 0.15) is 11.5 Å². The monoisotopic (exact) mass is 113 g/mol. The van der Waals surface area contributed by atoms with Gasteiger partial charge in [-0.3, -0.25) is 15.6 Å². The lowest BCUT2D eigenvalue weighted by Crippen LogP contribution is -2.27. The Morgan fingerprint density at radius 2 is 1.88 bits per heavy atom. The summed E-state index contributed by atoms with van der Waals surface area (Å²) in [5.74, 6) is -0.949. The minimum absolute atomic E-state index is 0.426. The van der Waals surface area contributed by atoms with Gasteiger partial charge in [-0.25, -0.2) is 0 Å². The van der Waals surface area contributed by atoms with E-state index in [0.29, 0.717) is 0 Å². The minimum atomic E-state index is -0.475. The van der Waals surface area contributed by atoms with E-state index in [9.17, 15) is 4.79 Å². The van der Waals surface area contributed by atoms with Gasteiger partial charge in [0.2, 0.25) is 0 Å². The molecule has 0 atom stereocenters. The molecule has 0 spiro atoms. The Morgan fingerprint density at radius 1 is 1.50 bits per heavy atom. The van der Waals surface area contributed by atoms with Crippen LogP contribution in [-0.2, 0) is 4.79 Å². The van der Waals surface area contributed by atoms with Crippen molar-refractivity contribution in [1.82, 2.24) is 0 Å². The SMILES string of the molecule is CC(=O)C(=N)C(=N)N. The summed E-state index contributed by atoms with van der Waals surface area (Å²) in [5.41, 5.74) is 4.35. The lowest BCUT2D eigenvalue weighted by atomic mass is 10.2. The van der Waals surface area contributed by atoms with Crippen LogP contribution in [-0.4, -0.2) is 17.3 Å². The van der Waals surface area contributed by atoms with E-state index in [4.69, 9.17) is 16.6 Å². The molecule has 0 aliphatic carbocycles. The molecule has 8 heavy (non-hydrogen) atoms. The standard InChI is InChI=1S/C4H7N3O/c1-2(8)3(5)4(6)7/h5H,1H3,(H3,6,7). The van der Waals surface area contributed by atoms with Crippen molar-refractivity contribution >= 4 is 17.3 Å². The third kappa shape index (κ3) is 1.51. The van der Waals surface area contributed by atoms with Crippen molar-refractivity contribution in [3.63, 3.8) is 0 Å². The van der Waals surface area contributed by atoms with E-state index in [1.165, 1.54) is 6.92 Å². The minimum Gasteiger partial charge on any atom is -0.382 e. The summed E-state index contributed by atoms with van der Waals surface area (Å²) >= 11 is 0. The van der Waals surface area contributed by atoms with Crippen molar-refractivity contribution in [3.05, 3.63) is 0 Å². The van der Waals surface area contributed by atoms with Crippen LogP contribution in [0.3, 0.4) is 0 Å². The van der Waals surface area contributed by atoms with Crippen molar-refractivity contribution < 1.29 is 4.79 Å². The molecule has 0 saturated heterocycles. The maximum Gasteiger partial charge on any atom is 0.181 e. The Labute approximate surface area is 46.7 Å². The van der Waals surface area contributed by atoms with Crippen LogP contribution < -0.4 is 5.73 Å². The molecule has 0 fully saturated rings. The number of Topliss-reactive ketones (excluding diaryl/α,β-unsaturated/α-hetero) is 1. The van der Waals surface area contributed by atoms with E-state index in [2.05, 4.69) is 0 Å². The first-order chi connectivity index (χ1) is 3.55. The topological polar surface area (TPSA) is 90.8 Å². The second-order valence-corrected chi connectivity index (χ2v) is 1.34. The molecule has 0 radical (unpaired) electrons. The zero-order valence-corrected chi connectivity index (χ0v) is 4.49. The number of rotatable bonds is 2. The zero-order valence-electron chi connectivity index (χ0n) is 4.49. The Bertz CT molecular complexity index is 133. The van der Waals surface area contributed by atoms with E-state index >= 15 is 0 Å². The first-order valence-electron chi connectivity index (χ1n) is 1.99. The summed E-state index contributed by atoms with van der Waals surface area (Å²) in [5, 5.41) is 13.3. The molecule has 4 nitrogen and oxygen atoms in total. The van der Waals surface area contributed by atoms with Crippen molar-refractivity contribution in [2.75, 3.05) is 0 Å². The van der Waals surface area contributed by atoms with E-state index in [1.54, 1.807) is 0 Å². The second-order valence-electron chi connectivity index (χ2n) is 1.34. The highest BCUT2D eigenvalue weighted by molar-refractivity contribution is 6.64. The lowest BCUT2D eigenvalue weighted by molar-refractivity contribution is -0.110. The van der Waals surface area contributed by atoms with Crippen LogP contribution in [0.2, 0.25) is 0 Å². The van der Waals surface area contributed by atoms with Gasteiger partial charge in [-0.05, 0) is 0 Å². The summed E-state index contributed by atoms with van der Waals surface area (Å²) < 4.78 is 0. The summed E-state index contributed by atoms with van der Waals surface area (Å²) in [7, 11) is 0. The zero-order chi connectivity index (χ0) is 6.73. The third-order valence-corrected chi connectivity index (χ3v) is 0.621. The second kappa shape index (κ2) is 2.20. The van der Waals surface area contributed by atoms with Crippen molar-refractivity contribution in [3.8, 4) is 0 Å². The molecule has 0 amide bonds. The number of carbonyl (C=O) groups is 1. The number of hydrogen-bond acceptors (Lipinski definition) is 3. The van der Waals surface area contributed by atoms with Crippen LogP contribution in [0, 0.1) is 10.8 Å². The highest BCUT2D eigenvalue weighted by Gasteiger charge is 2.03. The van der Waals surface area contributed by atoms with Crippen LogP contribution >= 0.6 is 0 Å². The van der Waals surface area contributed by atoms with Gasteiger partial charge in [-0.1, -0.05) is 0 Å². The molecular formula is C4H7N3O. The van der Waals surface area contributed by atoms with Gasteiger partial charge in [0.15, 0.2) is 5.78 Å². The lowest BCUT2D eigenvalue weighted by Gasteiger charge is -1.90. The van der Waals surface area contributed by atoms with E-state index in [-0.39, 0.29) is 0 Å². The number of nitrogens with two attached hydrogens (primary N) is 1. The average Bonchev–Trinajstić information content (AvgIpc) is 1.64. The summed E-state index contributed by atoms with van der Waals surface area (Å²) in [6.45, 7) is 1.20. The van der Waals surface area contributed by atoms with Gasteiger partial charge < -0.3 is 5.73 Å². The maximum absolute atomic E-state index is 10.1. The normalized spacial score (nSPS) is 8.12. The average molecular weight is 113 g/mol. The number of ketones is 1. The molecule has 0 heterocycles.